The second kappa shape index (κ2) is 68.3. The quantitative estimate of drug-likeness (QED) is 0.0261. The molecule has 0 N–H and O–H groups in total. The molecule has 0 aliphatic heterocycles. The van der Waals surface area contributed by atoms with Crippen molar-refractivity contribution in [2.24, 2.45) is 0 Å². The average Bonchev–Trinajstić information content (AvgIpc) is 3.47. The summed E-state index contributed by atoms with van der Waals surface area (Å²) in [5.41, 5.74) is 0. The molecule has 0 saturated carbocycles. The Labute approximate surface area is 501 Å². The van der Waals surface area contributed by atoms with Crippen molar-refractivity contribution in [1.29, 1.82) is 0 Å². The number of unbranched alkanes of at least 4 members (excludes halogenated alkanes) is 30. The molecular formula is C75H126O6. The predicted octanol–water partition coefficient (Wildman–Crippen LogP) is 23.6. The maximum atomic E-state index is 12.9. The predicted molar refractivity (Wildman–Crippen MR) is 353 cm³/mol. The van der Waals surface area contributed by atoms with Gasteiger partial charge in [0.15, 0.2) is 6.10 Å². The Kier molecular flexibility index (Phi) is 64.8. The van der Waals surface area contributed by atoms with Crippen LogP contribution in [-0.4, -0.2) is 37.2 Å². The topological polar surface area (TPSA) is 78.9 Å². The summed E-state index contributed by atoms with van der Waals surface area (Å²) in [7, 11) is 0. The zero-order valence-electron chi connectivity index (χ0n) is 53.0. The molecule has 1 unspecified atom stereocenters. The van der Waals surface area contributed by atoms with Crippen molar-refractivity contribution in [2.45, 2.75) is 322 Å². The van der Waals surface area contributed by atoms with E-state index in [2.05, 4.69) is 142 Å². The van der Waals surface area contributed by atoms with E-state index in [9.17, 15) is 14.4 Å². The Hall–Kier alpha value is -4.19. The molecule has 462 valence electrons. The largest absolute Gasteiger partial charge is 0.462 e. The van der Waals surface area contributed by atoms with E-state index < -0.39 is 6.10 Å². The summed E-state index contributed by atoms with van der Waals surface area (Å²) in [6.45, 7) is 6.43. The first-order valence-electron chi connectivity index (χ1n) is 34.0. The van der Waals surface area contributed by atoms with Crippen molar-refractivity contribution >= 4 is 17.9 Å². The summed E-state index contributed by atoms with van der Waals surface area (Å²) in [5, 5.41) is 0. The van der Waals surface area contributed by atoms with Crippen LogP contribution in [0.4, 0.5) is 0 Å². The van der Waals surface area contributed by atoms with Crippen LogP contribution in [0.1, 0.15) is 316 Å². The van der Waals surface area contributed by atoms with Gasteiger partial charge in [0.25, 0.3) is 0 Å². The monoisotopic (exact) mass is 1120 g/mol. The Morgan fingerprint density at radius 1 is 0.259 bits per heavy atom. The molecule has 0 saturated heterocycles. The SMILES string of the molecule is CC/C=C\C/C=C\C/C=C\C/C=C\C/C=C\C/C=C\C/C=C\C/C=C\CCCCCCC(=O)OCC(COC(=O)CCCCCCC)OC(=O)CCCCCCCCCCCCCCCCCCC/C=C\C/C=C\CCCCCCC. The van der Waals surface area contributed by atoms with E-state index in [0.29, 0.717) is 19.3 Å². The Balaban J connectivity index is 4.08. The van der Waals surface area contributed by atoms with Crippen LogP contribution in [0.15, 0.2) is 122 Å². The number of carbonyl (C=O) groups is 3. The van der Waals surface area contributed by atoms with Gasteiger partial charge in [0.2, 0.25) is 0 Å². The van der Waals surface area contributed by atoms with Gasteiger partial charge >= 0.3 is 17.9 Å². The number of hydrogen-bond acceptors (Lipinski definition) is 6. The molecule has 6 nitrogen and oxygen atoms in total. The molecule has 6 heteroatoms. The first-order chi connectivity index (χ1) is 40.0. The smallest absolute Gasteiger partial charge is 0.306 e. The summed E-state index contributed by atoms with van der Waals surface area (Å²) < 4.78 is 16.8. The van der Waals surface area contributed by atoms with Crippen LogP contribution in [0.25, 0.3) is 0 Å². The van der Waals surface area contributed by atoms with Crippen LogP contribution in [-0.2, 0) is 28.6 Å². The Morgan fingerprint density at radius 3 is 0.753 bits per heavy atom. The number of ether oxygens (including phenoxy) is 3. The zero-order chi connectivity index (χ0) is 58.5. The normalized spacial score (nSPS) is 12.9. The van der Waals surface area contributed by atoms with Crippen LogP contribution in [0.5, 0.6) is 0 Å². The van der Waals surface area contributed by atoms with Crippen molar-refractivity contribution in [3.05, 3.63) is 122 Å². The summed E-state index contributed by atoms with van der Waals surface area (Å²) >= 11 is 0. The Morgan fingerprint density at radius 2 is 0.481 bits per heavy atom. The molecule has 1 atom stereocenters. The van der Waals surface area contributed by atoms with Gasteiger partial charge in [0.05, 0.1) is 0 Å². The summed E-state index contributed by atoms with van der Waals surface area (Å²) in [4.78, 5) is 38.0. The maximum Gasteiger partial charge on any atom is 0.306 e. The van der Waals surface area contributed by atoms with Gasteiger partial charge in [-0.15, -0.1) is 0 Å². The third-order valence-electron chi connectivity index (χ3n) is 14.5. The molecule has 0 amide bonds. The molecule has 0 aromatic rings. The van der Waals surface area contributed by atoms with Crippen LogP contribution in [0, 0.1) is 0 Å². The van der Waals surface area contributed by atoms with Crippen molar-refractivity contribution in [3.8, 4) is 0 Å². The lowest BCUT2D eigenvalue weighted by molar-refractivity contribution is -0.167. The molecule has 0 aromatic heterocycles. The number of carbonyl (C=O) groups excluding carboxylic acids is 3. The molecule has 0 aliphatic carbocycles. The van der Waals surface area contributed by atoms with Crippen LogP contribution < -0.4 is 0 Å². The number of allylic oxidation sites excluding steroid dienone is 20. The highest BCUT2D eigenvalue weighted by atomic mass is 16.6. The van der Waals surface area contributed by atoms with E-state index in [1.54, 1.807) is 0 Å². The average molecular weight is 1120 g/mol. The molecule has 0 rings (SSSR count). The fraction of sp³-hybridized carbons (Fsp3) is 0.693. The van der Waals surface area contributed by atoms with Crippen LogP contribution in [0.3, 0.4) is 0 Å². The van der Waals surface area contributed by atoms with E-state index in [1.807, 2.05) is 0 Å². The maximum absolute atomic E-state index is 12.9. The van der Waals surface area contributed by atoms with Crippen molar-refractivity contribution in [2.75, 3.05) is 13.2 Å². The fourth-order valence-electron chi connectivity index (χ4n) is 9.37. The molecule has 0 radical (unpaired) electrons. The van der Waals surface area contributed by atoms with Gasteiger partial charge in [-0.25, -0.2) is 0 Å². The van der Waals surface area contributed by atoms with Crippen molar-refractivity contribution in [3.63, 3.8) is 0 Å². The number of rotatable bonds is 61. The molecular weight excluding hydrogens is 997 g/mol. The fourth-order valence-corrected chi connectivity index (χ4v) is 9.37. The highest BCUT2D eigenvalue weighted by molar-refractivity contribution is 5.71. The third kappa shape index (κ3) is 66.5. The number of esters is 3. The zero-order valence-corrected chi connectivity index (χ0v) is 53.0. The first-order valence-corrected chi connectivity index (χ1v) is 34.0. The highest BCUT2D eigenvalue weighted by Gasteiger charge is 2.19. The van der Waals surface area contributed by atoms with E-state index in [-0.39, 0.29) is 31.1 Å². The molecule has 0 aromatic carbocycles. The molecule has 0 heterocycles. The van der Waals surface area contributed by atoms with E-state index in [0.717, 1.165) is 135 Å². The lowest BCUT2D eigenvalue weighted by Gasteiger charge is -2.18. The minimum atomic E-state index is -0.788. The van der Waals surface area contributed by atoms with Crippen LogP contribution >= 0.6 is 0 Å². The highest BCUT2D eigenvalue weighted by Crippen LogP contribution is 2.16. The molecule has 0 bridgehead atoms. The Bertz CT molecular complexity index is 1670. The van der Waals surface area contributed by atoms with Crippen molar-refractivity contribution < 1.29 is 28.6 Å². The molecule has 0 aliphatic rings. The number of hydrogen-bond donors (Lipinski definition) is 0. The van der Waals surface area contributed by atoms with Gasteiger partial charge in [-0.05, 0) is 116 Å². The second-order valence-corrected chi connectivity index (χ2v) is 22.4. The molecule has 0 spiro atoms. The lowest BCUT2D eigenvalue weighted by atomic mass is 10.0. The van der Waals surface area contributed by atoms with Gasteiger partial charge in [-0.2, -0.15) is 0 Å². The summed E-state index contributed by atoms with van der Waals surface area (Å²) in [6, 6.07) is 0. The lowest BCUT2D eigenvalue weighted by Crippen LogP contribution is -2.30. The van der Waals surface area contributed by atoms with Crippen LogP contribution in [0.2, 0.25) is 0 Å². The minimum absolute atomic E-state index is 0.0871. The van der Waals surface area contributed by atoms with Gasteiger partial charge in [-0.3, -0.25) is 14.4 Å². The van der Waals surface area contributed by atoms with E-state index in [4.69, 9.17) is 14.2 Å². The molecule has 0 fully saturated rings. The third-order valence-corrected chi connectivity index (χ3v) is 14.5. The van der Waals surface area contributed by atoms with Gasteiger partial charge < -0.3 is 14.2 Å². The van der Waals surface area contributed by atoms with Gasteiger partial charge in [-0.1, -0.05) is 303 Å². The van der Waals surface area contributed by atoms with E-state index >= 15 is 0 Å². The second-order valence-electron chi connectivity index (χ2n) is 22.4. The first kappa shape index (κ1) is 76.8. The van der Waals surface area contributed by atoms with Gasteiger partial charge in [0, 0.05) is 19.3 Å². The summed E-state index contributed by atoms with van der Waals surface area (Å²) in [6.07, 6.45) is 95.6. The van der Waals surface area contributed by atoms with E-state index in [1.165, 1.54) is 141 Å². The summed E-state index contributed by atoms with van der Waals surface area (Å²) in [5.74, 6) is -0.921. The van der Waals surface area contributed by atoms with Crippen molar-refractivity contribution in [1.82, 2.24) is 0 Å². The molecule has 81 heavy (non-hydrogen) atoms. The standard InChI is InChI=1S/C75H126O6/c1-4-7-10-13-15-17-19-21-23-25-27-29-31-33-35-37-39-41-43-45-47-49-51-53-55-57-59-62-65-68-74(77)80-71-72(70-79-73(76)67-64-61-12-9-6-3)81-75(78)69-66-63-60-58-56-54-52-50-48-46-44-42-40-38-36-34-32-30-28-26-24-22-20-18-16-14-11-8-5-2/h7,10,15,17,20-23,26-29,33,35,39,41,45,47,51,53,72H,4-6,8-9,11-14,16,18-19,24-25,30-32,34,36-38,40,42-44,46,48-50,52,54-71H2,1-3H3/b10-7-,17-15-,22-20-,23-21-,28-26-,29-27-,35-33-,41-39-,47-45-,53-51-. The van der Waals surface area contributed by atoms with Gasteiger partial charge in [0.1, 0.15) is 13.2 Å². The minimum Gasteiger partial charge on any atom is -0.462 e.